The first kappa shape index (κ1) is 32.5. The van der Waals surface area contributed by atoms with Crippen molar-refractivity contribution in [2.45, 2.75) is 61.6 Å². The summed E-state index contributed by atoms with van der Waals surface area (Å²) in [6.07, 6.45) is 5.55. The molecule has 1 aromatic heterocycles. The van der Waals surface area contributed by atoms with Gasteiger partial charge in [0.25, 0.3) is 10.0 Å². The summed E-state index contributed by atoms with van der Waals surface area (Å²) >= 11 is 6.15. The molecule has 13 heteroatoms. The van der Waals surface area contributed by atoms with Crippen molar-refractivity contribution in [2.75, 3.05) is 37.3 Å². The van der Waals surface area contributed by atoms with Crippen LogP contribution in [0.4, 0.5) is 20.4 Å². The highest BCUT2D eigenvalue weighted by molar-refractivity contribution is 7.92. The summed E-state index contributed by atoms with van der Waals surface area (Å²) in [6.45, 7) is 1.61. The molecular weight excluding hydrogens is 636 g/mol. The normalized spacial score (nSPS) is 19.8. The van der Waals surface area contributed by atoms with E-state index >= 15 is 8.78 Å². The number of aliphatic hydroxyl groups is 1. The Balaban J connectivity index is 1.20. The van der Waals surface area contributed by atoms with Crippen molar-refractivity contribution in [3.8, 4) is 11.1 Å². The number of aliphatic hydroxyl groups excluding tert-OH is 1. The fourth-order valence-electron chi connectivity index (χ4n) is 6.49. The molecule has 2 aliphatic carbocycles. The molecule has 0 spiro atoms. The Kier molecular flexibility index (Phi) is 9.45. The molecule has 46 heavy (non-hydrogen) atoms. The molecule has 0 bridgehead atoms. The predicted molar refractivity (Wildman–Crippen MR) is 175 cm³/mol. The SMILES string of the molecule is COCCN(C)C1CCC(Nc2ncc3cc(-c4c(F)ccc(NS(=O)(=O)c5cc(Cl)cc6c5CCC6O)c4F)ccc3n2)CC1. The third-order valence-corrected chi connectivity index (χ3v) is 10.7. The summed E-state index contributed by atoms with van der Waals surface area (Å²) in [4.78, 5) is 11.3. The topological polar surface area (TPSA) is 117 Å². The number of fused-ring (bicyclic) bond motifs is 2. The van der Waals surface area contributed by atoms with Crippen molar-refractivity contribution in [3.63, 3.8) is 0 Å². The van der Waals surface area contributed by atoms with E-state index in [9.17, 15) is 13.5 Å². The number of hydrogen-bond acceptors (Lipinski definition) is 8. The highest BCUT2D eigenvalue weighted by Gasteiger charge is 2.30. The summed E-state index contributed by atoms with van der Waals surface area (Å²) in [6, 6.07) is 10.4. The molecule has 244 valence electrons. The zero-order chi connectivity index (χ0) is 32.6. The Morgan fingerprint density at radius 1 is 1.09 bits per heavy atom. The highest BCUT2D eigenvalue weighted by Crippen LogP contribution is 2.39. The number of rotatable bonds is 10. The van der Waals surface area contributed by atoms with Crippen LogP contribution in [0.1, 0.15) is 49.3 Å². The van der Waals surface area contributed by atoms with Crippen molar-refractivity contribution in [1.82, 2.24) is 14.9 Å². The smallest absolute Gasteiger partial charge is 0.262 e. The van der Waals surface area contributed by atoms with Crippen molar-refractivity contribution in [2.24, 2.45) is 0 Å². The molecule has 0 aliphatic heterocycles. The minimum atomic E-state index is -4.32. The molecule has 0 saturated heterocycles. The fourth-order valence-corrected chi connectivity index (χ4v) is 8.16. The standard InChI is InChI=1S/C33H36ClF2N5O4S/c1-41(13-14-45-2)23-6-4-22(5-7-23)38-33-37-18-20-15-19(3-10-27(20)39-33)31-26(35)9-11-28(32(31)36)40-46(43,44)30-17-21(34)16-25-24(30)8-12-29(25)42/h3,9-11,15-18,22-23,29,40,42H,4-8,12-14H2,1-2H3,(H,37,38,39). The second-order valence-corrected chi connectivity index (χ2v) is 14.1. The summed E-state index contributed by atoms with van der Waals surface area (Å²) in [5.74, 6) is -1.43. The van der Waals surface area contributed by atoms with Crippen LogP contribution in [-0.4, -0.2) is 67.8 Å². The van der Waals surface area contributed by atoms with Crippen LogP contribution in [0.25, 0.3) is 22.0 Å². The summed E-state index contributed by atoms with van der Waals surface area (Å²) in [5.41, 5.74) is 0.856. The summed E-state index contributed by atoms with van der Waals surface area (Å²) in [7, 11) is -0.485. The lowest BCUT2D eigenvalue weighted by molar-refractivity contribution is 0.121. The maximum atomic E-state index is 15.9. The average Bonchev–Trinajstić information content (AvgIpc) is 3.41. The Bertz CT molecular complexity index is 1870. The molecular formula is C33H36ClF2N5O4S. The lowest BCUT2D eigenvalue weighted by Crippen LogP contribution is -2.39. The third kappa shape index (κ3) is 6.68. The number of benzene rings is 3. The number of ether oxygens (including phenoxy) is 1. The molecule has 1 unspecified atom stereocenters. The molecule has 1 atom stereocenters. The quantitative estimate of drug-likeness (QED) is 0.180. The molecule has 1 fully saturated rings. The van der Waals surface area contributed by atoms with Crippen LogP contribution in [0.3, 0.4) is 0 Å². The van der Waals surface area contributed by atoms with E-state index in [1.807, 2.05) is 0 Å². The van der Waals surface area contributed by atoms with Gasteiger partial charge in [0, 0.05) is 42.3 Å². The minimum Gasteiger partial charge on any atom is -0.388 e. The van der Waals surface area contributed by atoms with E-state index < -0.39 is 33.4 Å². The second-order valence-electron chi connectivity index (χ2n) is 12.0. The number of likely N-dealkylation sites (N-methyl/N-ethyl adjacent to an activating group) is 1. The van der Waals surface area contributed by atoms with Crippen molar-refractivity contribution in [1.29, 1.82) is 0 Å². The monoisotopic (exact) mass is 671 g/mol. The van der Waals surface area contributed by atoms with Gasteiger partial charge in [-0.1, -0.05) is 17.7 Å². The van der Waals surface area contributed by atoms with Gasteiger partial charge < -0.3 is 20.1 Å². The predicted octanol–water partition coefficient (Wildman–Crippen LogP) is 6.31. The van der Waals surface area contributed by atoms with Gasteiger partial charge in [-0.3, -0.25) is 4.72 Å². The Morgan fingerprint density at radius 2 is 1.87 bits per heavy atom. The van der Waals surface area contributed by atoms with Gasteiger partial charge >= 0.3 is 0 Å². The van der Waals surface area contributed by atoms with Crippen molar-refractivity contribution >= 4 is 44.2 Å². The molecule has 6 rings (SSSR count). The van der Waals surface area contributed by atoms with Gasteiger partial charge in [-0.25, -0.2) is 27.2 Å². The summed E-state index contributed by atoms with van der Waals surface area (Å²) < 4.78 is 65.2. The van der Waals surface area contributed by atoms with E-state index in [4.69, 9.17) is 16.3 Å². The van der Waals surface area contributed by atoms with Crippen molar-refractivity contribution < 1.29 is 27.0 Å². The van der Waals surface area contributed by atoms with E-state index in [0.717, 1.165) is 44.4 Å². The summed E-state index contributed by atoms with van der Waals surface area (Å²) in [5, 5.41) is 14.4. The Hall–Kier alpha value is -3.42. The molecule has 9 nitrogen and oxygen atoms in total. The van der Waals surface area contributed by atoms with E-state index in [0.29, 0.717) is 53.5 Å². The van der Waals surface area contributed by atoms with Crippen LogP contribution in [-0.2, 0) is 21.2 Å². The fraction of sp³-hybridized carbons (Fsp3) is 0.394. The van der Waals surface area contributed by atoms with E-state index in [1.54, 1.807) is 31.5 Å². The van der Waals surface area contributed by atoms with Gasteiger partial charge in [-0.15, -0.1) is 0 Å². The molecule has 1 saturated carbocycles. The molecule has 3 N–H and O–H groups in total. The minimum absolute atomic E-state index is 0.131. The molecule has 1 heterocycles. The zero-order valence-electron chi connectivity index (χ0n) is 25.6. The van der Waals surface area contributed by atoms with Gasteiger partial charge in [-0.2, -0.15) is 0 Å². The van der Waals surface area contributed by atoms with Crippen molar-refractivity contribution in [3.05, 3.63) is 76.4 Å². The first-order chi connectivity index (χ1) is 22.0. The lowest BCUT2D eigenvalue weighted by Gasteiger charge is -2.34. The number of aromatic nitrogens is 2. The first-order valence-electron chi connectivity index (χ1n) is 15.3. The molecule has 0 amide bonds. The van der Waals surface area contributed by atoms with Crippen LogP contribution in [0.15, 0.2) is 53.6 Å². The number of anilines is 2. The van der Waals surface area contributed by atoms with Gasteiger partial charge in [0.2, 0.25) is 5.95 Å². The van der Waals surface area contributed by atoms with Gasteiger partial charge in [0.05, 0.1) is 34.4 Å². The largest absolute Gasteiger partial charge is 0.388 e. The second kappa shape index (κ2) is 13.4. The van der Waals surface area contributed by atoms with Crippen LogP contribution < -0.4 is 10.0 Å². The van der Waals surface area contributed by atoms with E-state index in [2.05, 4.69) is 32.0 Å². The molecule has 2 aliphatic rings. The van der Waals surface area contributed by atoms with E-state index in [-0.39, 0.29) is 27.1 Å². The van der Waals surface area contributed by atoms with E-state index in [1.165, 1.54) is 12.1 Å². The lowest BCUT2D eigenvalue weighted by atomic mass is 9.90. The number of methoxy groups -OCH3 is 1. The molecule has 4 aromatic rings. The van der Waals surface area contributed by atoms with Gasteiger partial charge in [0.15, 0.2) is 5.82 Å². The number of halogens is 3. The van der Waals surface area contributed by atoms with Crippen LogP contribution >= 0.6 is 11.6 Å². The van der Waals surface area contributed by atoms with Gasteiger partial charge in [-0.05, 0) is 98.7 Å². The third-order valence-electron chi connectivity index (χ3n) is 9.03. The first-order valence-corrected chi connectivity index (χ1v) is 17.1. The highest BCUT2D eigenvalue weighted by atomic mass is 35.5. The number of hydrogen-bond donors (Lipinski definition) is 3. The van der Waals surface area contributed by atoms with Crippen LogP contribution in [0, 0.1) is 11.6 Å². The molecule has 0 radical (unpaired) electrons. The number of nitrogens with one attached hydrogen (secondary N) is 2. The average molecular weight is 672 g/mol. The van der Waals surface area contributed by atoms with Crippen LogP contribution in [0.2, 0.25) is 5.02 Å². The molecule has 3 aromatic carbocycles. The van der Waals surface area contributed by atoms with Gasteiger partial charge in [0.1, 0.15) is 5.82 Å². The maximum Gasteiger partial charge on any atom is 0.262 e. The zero-order valence-corrected chi connectivity index (χ0v) is 27.1. The Morgan fingerprint density at radius 3 is 2.63 bits per heavy atom. The number of sulfonamides is 1. The van der Waals surface area contributed by atoms with Crippen LogP contribution in [0.5, 0.6) is 0 Å². The Labute approximate surface area is 272 Å². The number of nitrogens with zero attached hydrogens (tertiary/aromatic N) is 3. The maximum absolute atomic E-state index is 15.9.